The van der Waals surface area contributed by atoms with E-state index < -0.39 is 0 Å². The van der Waals surface area contributed by atoms with Gasteiger partial charge in [-0.25, -0.2) is 0 Å². The van der Waals surface area contributed by atoms with Gasteiger partial charge in [0.25, 0.3) is 0 Å². The molecule has 0 radical (unpaired) electrons. The Labute approximate surface area is 97.6 Å². The number of rotatable bonds is 1. The molecule has 0 aromatic heterocycles. The van der Waals surface area contributed by atoms with Gasteiger partial charge >= 0.3 is 0 Å². The molecule has 0 bridgehead atoms. The molecule has 1 fully saturated rings. The lowest BCUT2D eigenvalue weighted by Crippen LogP contribution is -2.11. The van der Waals surface area contributed by atoms with Gasteiger partial charge in [0, 0.05) is 23.1 Å². The molecule has 1 aromatic carbocycles. The van der Waals surface area contributed by atoms with Crippen molar-refractivity contribution in [3.05, 3.63) is 23.8 Å². The average molecular weight is 233 g/mol. The number of ketones is 1. The first kappa shape index (κ1) is 9.90. The molecule has 82 valence electrons. The van der Waals surface area contributed by atoms with Crippen molar-refractivity contribution in [1.29, 1.82) is 0 Å². The zero-order valence-corrected chi connectivity index (χ0v) is 9.69. The van der Waals surface area contributed by atoms with Crippen LogP contribution < -0.4 is 5.32 Å². The van der Waals surface area contributed by atoms with E-state index in [0.717, 1.165) is 29.0 Å². The van der Waals surface area contributed by atoms with Crippen LogP contribution in [0.4, 0.5) is 5.69 Å². The summed E-state index contributed by atoms with van der Waals surface area (Å²) in [5.74, 6) is 0.178. The van der Waals surface area contributed by atoms with Crippen LogP contribution in [0, 0.1) is 0 Å². The first-order valence-corrected chi connectivity index (χ1v) is 6.08. The molecule has 0 unspecified atom stereocenters. The van der Waals surface area contributed by atoms with Crippen LogP contribution in [0.2, 0.25) is 0 Å². The summed E-state index contributed by atoms with van der Waals surface area (Å²) in [6.07, 6.45) is 1.97. The normalized spacial score (nSPS) is 19.7. The van der Waals surface area contributed by atoms with Gasteiger partial charge in [0.1, 0.15) is 0 Å². The van der Waals surface area contributed by atoms with Gasteiger partial charge in [0.2, 0.25) is 5.91 Å². The number of thioether (sulfide) groups is 1. The summed E-state index contributed by atoms with van der Waals surface area (Å²) in [5.41, 5.74) is 1.58. The van der Waals surface area contributed by atoms with E-state index >= 15 is 0 Å². The Kier molecular flexibility index (Phi) is 1.92. The number of Topliss-reactive ketones (excluding diaryl/α,β-unsaturated/α-hetero) is 1. The first-order valence-electron chi connectivity index (χ1n) is 5.26. The van der Waals surface area contributed by atoms with Gasteiger partial charge in [-0.05, 0) is 31.0 Å². The van der Waals surface area contributed by atoms with E-state index in [1.54, 1.807) is 17.8 Å². The molecule has 1 N–H and O–H groups in total. The van der Waals surface area contributed by atoms with E-state index in [9.17, 15) is 9.59 Å². The Balaban J connectivity index is 1.96. The summed E-state index contributed by atoms with van der Waals surface area (Å²) in [7, 11) is 0. The van der Waals surface area contributed by atoms with E-state index in [4.69, 9.17) is 0 Å². The van der Waals surface area contributed by atoms with E-state index in [1.165, 1.54) is 6.92 Å². The largest absolute Gasteiger partial charge is 0.326 e. The number of carbonyl (C=O) groups is 2. The third-order valence-electron chi connectivity index (χ3n) is 2.97. The molecule has 1 aliphatic carbocycles. The first-order chi connectivity index (χ1) is 7.61. The highest BCUT2D eigenvalue weighted by Gasteiger charge is 2.55. The summed E-state index contributed by atoms with van der Waals surface area (Å²) < 4.78 is -0.142. The van der Waals surface area contributed by atoms with E-state index in [0.29, 0.717) is 0 Å². The Bertz CT molecular complexity index is 506. The standard InChI is InChI=1S/C12H11NO2S/c1-7(14)13-8-2-3-9-10(6-8)16-12(4-5-12)11(9)15/h2-3,6H,4-5H2,1H3,(H,13,14). The molecule has 1 aliphatic heterocycles. The molecule has 1 spiro atoms. The van der Waals surface area contributed by atoms with Crippen molar-refractivity contribution < 1.29 is 9.59 Å². The highest BCUT2D eigenvalue weighted by atomic mass is 32.2. The Morgan fingerprint density at radius 1 is 1.44 bits per heavy atom. The number of hydrogen-bond acceptors (Lipinski definition) is 3. The lowest BCUT2D eigenvalue weighted by molar-refractivity contribution is -0.114. The maximum atomic E-state index is 12.0. The molecule has 4 heteroatoms. The van der Waals surface area contributed by atoms with Crippen LogP contribution in [0.3, 0.4) is 0 Å². The minimum absolute atomic E-state index is 0.0876. The van der Waals surface area contributed by atoms with Crippen LogP contribution in [0.15, 0.2) is 23.1 Å². The predicted molar refractivity (Wildman–Crippen MR) is 62.9 cm³/mol. The SMILES string of the molecule is CC(=O)Nc1ccc2c(c1)SC1(CC1)C2=O. The van der Waals surface area contributed by atoms with Gasteiger partial charge in [0.05, 0.1) is 4.75 Å². The van der Waals surface area contributed by atoms with Crippen molar-refractivity contribution in [3.8, 4) is 0 Å². The van der Waals surface area contributed by atoms with Gasteiger partial charge < -0.3 is 5.32 Å². The summed E-state index contributed by atoms with van der Waals surface area (Å²) in [5, 5.41) is 2.73. The molecule has 0 atom stereocenters. The molecule has 0 saturated heterocycles. The third-order valence-corrected chi connectivity index (χ3v) is 4.51. The highest BCUT2D eigenvalue weighted by Crippen LogP contribution is 2.59. The molecule has 3 nitrogen and oxygen atoms in total. The molecule has 16 heavy (non-hydrogen) atoms. The predicted octanol–water partition coefficient (Wildman–Crippen LogP) is 2.47. The topological polar surface area (TPSA) is 46.2 Å². The van der Waals surface area contributed by atoms with Crippen molar-refractivity contribution >= 4 is 29.1 Å². The maximum absolute atomic E-state index is 12.0. The van der Waals surface area contributed by atoms with E-state index in [2.05, 4.69) is 5.32 Å². The van der Waals surface area contributed by atoms with Crippen LogP contribution in [0.5, 0.6) is 0 Å². The highest BCUT2D eigenvalue weighted by molar-refractivity contribution is 8.02. The molecule has 1 saturated carbocycles. The number of hydrogen-bond donors (Lipinski definition) is 1. The molecule has 1 heterocycles. The number of anilines is 1. The Morgan fingerprint density at radius 3 is 2.81 bits per heavy atom. The molecule has 2 aliphatic rings. The number of amides is 1. The molecule has 1 amide bonds. The van der Waals surface area contributed by atoms with Gasteiger partial charge in [-0.1, -0.05) is 0 Å². The summed E-state index contributed by atoms with van der Waals surface area (Å²) in [4.78, 5) is 23.9. The molecule has 3 rings (SSSR count). The third kappa shape index (κ3) is 1.37. The molecular weight excluding hydrogens is 222 g/mol. The monoisotopic (exact) mass is 233 g/mol. The minimum atomic E-state index is -0.142. The van der Waals surface area contributed by atoms with Crippen molar-refractivity contribution in [2.24, 2.45) is 0 Å². The average Bonchev–Trinajstić information content (AvgIpc) is 2.91. The zero-order chi connectivity index (χ0) is 11.3. The van der Waals surface area contributed by atoms with Gasteiger partial charge in [-0.15, -0.1) is 11.8 Å². The second kappa shape index (κ2) is 3.10. The second-order valence-electron chi connectivity index (χ2n) is 4.32. The number of benzene rings is 1. The Morgan fingerprint density at radius 2 is 2.19 bits per heavy atom. The van der Waals surface area contributed by atoms with Crippen LogP contribution in [-0.2, 0) is 4.79 Å². The lowest BCUT2D eigenvalue weighted by Gasteiger charge is -2.03. The van der Waals surface area contributed by atoms with Crippen molar-refractivity contribution in [2.75, 3.05) is 5.32 Å². The van der Waals surface area contributed by atoms with Gasteiger partial charge in [-0.3, -0.25) is 9.59 Å². The number of carbonyl (C=O) groups excluding carboxylic acids is 2. The van der Waals surface area contributed by atoms with Crippen LogP contribution in [-0.4, -0.2) is 16.4 Å². The summed E-state index contributed by atoms with van der Waals surface area (Å²) in [6, 6.07) is 5.51. The van der Waals surface area contributed by atoms with E-state index in [1.807, 2.05) is 12.1 Å². The zero-order valence-electron chi connectivity index (χ0n) is 8.87. The fraction of sp³-hybridized carbons (Fsp3) is 0.333. The fourth-order valence-corrected chi connectivity index (χ4v) is 3.41. The quantitative estimate of drug-likeness (QED) is 0.810. The Hall–Kier alpha value is -1.29. The van der Waals surface area contributed by atoms with Crippen molar-refractivity contribution in [1.82, 2.24) is 0 Å². The maximum Gasteiger partial charge on any atom is 0.221 e. The van der Waals surface area contributed by atoms with Crippen LogP contribution >= 0.6 is 11.8 Å². The number of nitrogens with one attached hydrogen (secondary N) is 1. The number of fused-ring (bicyclic) bond motifs is 1. The van der Waals surface area contributed by atoms with E-state index in [-0.39, 0.29) is 16.4 Å². The van der Waals surface area contributed by atoms with Gasteiger partial charge in [-0.2, -0.15) is 0 Å². The molecule has 1 aromatic rings. The van der Waals surface area contributed by atoms with Crippen LogP contribution in [0.1, 0.15) is 30.1 Å². The summed E-state index contributed by atoms with van der Waals surface area (Å²) in [6.45, 7) is 1.48. The minimum Gasteiger partial charge on any atom is -0.326 e. The smallest absolute Gasteiger partial charge is 0.221 e. The van der Waals surface area contributed by atoms with Crippen molar-refractivity contribution in [2.45, 2.75) is 29.4 Å². The van der Waals surface area contributed by atoms with Gasteiger partial charge in [0.15, 0.2) is 5.78 Å². The van der Waals surface area contributed by atoms with Crippen LogP contribution in [0.25, 0.3) is 0 Å². The second-order valence-corrected chi connectivity index (χ2v) is 5.74. The lowest BCUT2D eigenvalue weighted by atomic mass is 10.1. The van der Waals surface area contributed by atoms with Crippen molar-refractivity contribution in [3.63, 3.8) is 0 Å². The summed E-state index contributed by atoms with van der Waals surface area (Å²) >= 11 is 1.65. The fourth-order valence-electron chi connectivity index (χ4n) is 2.02. The molecular formula is C12H11NO2S.